The number of rotatable bonds is 4. The van der Waals surface area contributed by atoms with Crippen molar-refractivity contribution in [3.05, 3.63) is 35.9 Å². The Balaban J connectivity index is 1.39. The maximum Gasteiger partial charge on any atom is 0.317 e. The highest BCUT2D eigenvalue weighted by atomic mass is 32.2. The third-order valence-corrected chi connectivity index (χ3v) is 6.54. The Bertz CT molecular complexity index is 655. The van der Waals surface area contributed by atoms with Crippen molar-refractivity contribution in [2.24, 2.45) is 0 Å². The Labute approximate surface area is 143 Å². The Hall–Kier alpha value is -1.60. The zero-order chi connectivity index (χ0) is 17.0. The molecule has 2 amide bonds. The molecular formula is C17H25N3O3S. The van der Waals surface area contributed by atoms with Crippen LogP contribution in [0, 0.1) is 0 Å². The predicted molar refractivity (Wildman–Crippen MR) is 93.5 cm³/mol. The summed E-state index contributed by atoms with van der Waals surface area (Å²) in [7, 11) is -2.84. The topological polar surface area (TPSA) is 78.5 Å². The van der Waals surface area contributed by atoms with Gasteiger partial charge < -0.3 is 15.5 Å². The number of nitrogens with one attached hydrogen (secondary N) is 2. The average molecular weight is 351 g/mol. The van der Waals surface area contributed by atoms with E-state index in [0.29, 0.717) is 37.8 Å². The number of nitrogens with zero attached hydrogens (tertiary/aromatic N) is 1. The number of hydrogen-bond acceptors (Lipinski definition) is 4. The van der Waals surface area contributed by atoms with Crippen molar-refractivity contribution in [1.82, 2.24) is 15.5 Å². The van der Waals surface area contributed by atoms with E-state index in [2.05, 4.69) is 10.6 Å². The molecule has 2 heterocycles. The van der Waals surface area contributed by atoms with Crippen LogP contribution in [-0.2, 0) is 16.4 Å². The van der Waals surface area contributed by atoms with Gasteiger partial charge in [0.1, 0.15) is 0 Å². The number of amides is 2. The zero-order valence-corrected chi connectivity index (χ0v) is 14.6. The fourth-order valence-corrected chi connectivity index (χ4v) is 5.08. The van der Waals surface area contributed by atoms with E-state index in [-0.39, 0.29) is 17.8 Å². The summed E-state index contributed by atoms with van der Waals surface area (Å²) in [4.78, 5) is 14.1. The highest BCUT2D eigenvalue weighted by Crippen LogP contribution is 2.16. The fourth-order valence-electron chi connectivity index (χ4n) is 3.39. The molecule has 3 rings (SSSR count). The normalized spacial score (nSPS) is 24.0. The molecule has 1 unspecified atom stereocenters. The summed E-state index contributed by atoms with van der Waals surface area (Å²) in [6, 6.07) is 10.2. The third-order valence-electron chi connectivity index (χ3n) is 4.77. The Morgan fingerprint density at radius 2 is 1.79 bits per heavy atom. The summed E-state index contributed by atoms with van der Waals surface area (Å²) in [6.07, 6.45) is 2.45. The van der Waals surface area contributed by atoms with Crippen LogP contribution in [0.4, 0.5) is 4.79 Å². The molecule has 2 saturated heterocycles. The van der Waals surface area contributed by atoms with Gasteiger partial charge in [0.05, 0.1) is 11.5 Å². The molecule has 1 aromatic rings. The van der Waals surface area contributed by atoms with Gasteiger partial charge in [-0.2, -0.15) is 0 Å². The van der Waals surface area contributed by atoms with E-state index < -0.39 is 9.84 Å². The van der Waals surface area contributed by atoms with Crippen molar-refractivity contribution >= 4 is 15.9 Å². The van der Waals surface area contributed by atoms with Gasteiger partial charge in [0.15, 0.2) is 9.84 Å². The van der Waals surface area contributed by atoms with Crippen molar-refractivity contribution in [2.45, 2.75) is 37.9 Å². The first kappa shape index (κ1) is 17.2. The second-order valence-electron chi connectivity index (χ2n) is 6.67. The van der Waals surface area contributed by atoms with Crippen LogP contribution in [0.5, 0.6) is 0 Å². The first-order valence-electron chi connectivity index (χ1n) is 8.55. The van der Waals surface area contributed by atoms with Gasteiger partial charge in [-0.25, -0.2) is 13.2 Å². The monoisotopic (exact) mass is 351 g/mol. The minimum atomic E-state index is -2.84. The van der Waals surface area contributed by atoms with Crippen LogP contribution in [0.25, 0.3) is 0 Å². The number of sulfone groups is 1. The van der Waals surface area contributed by atoms with Crippen LogP contribution < -0.4 is 10.6 Å². The van der Waals surface area contributed by atoms with Gasteiger partial charge in [-0.1, -0.05) is 30.3 Å². The SMILES string of the molecule is O=C(NCc1ccccc1)N1CCC(NC2CCS(=O)(=O)C2)CC1. The number of urea groups is 1. The summed E-state index contributed by atoms with van der Waals surface area (Å²) in [5.74, 6) is 0.552. The predicted octanol–water partition coefficient (Wildman–Crippen LogP) is 1.14. The second-order valence-corrected chi connectivity index (χ2v) is 8.90. The first-order chi connectivity index (χ1) is 11.5. The molecule has 2 aliphatic heterocycles. The highest BCUT2D eigenvalue weighted by Gasteiger charge is 2.31. The van der Waals surface area contributed by atoms with Crippen LogP contribution >= 0.6 is 0 Å². The average Bonchev–Trinajstić information content (AvgIpc) is 2.93. The van der Waals surface area contributed by atoms with Crippen molar-refractivity contribution < 1.29 is 13.2 Å². The number of carbonyl (C=O) groups is 1. The summed E-state index contributed by atoms with van der Waals surface area (Å²) in [5.41, 5.74) is 1.09. The van der Waals surface area contributed by atoms with Crippen molar-refractivity contribution in [1.29, 1.82) is 0 Å². The molecular weight excluding hydrogens is 326 g/mol. The van der Waals surface area contributed by atoms with E-state index in [1.165, 1.54) is 0 Å². The van der Waals surface area contributed by atoms with E-state index in [9.17, 15) is 13.2 Å². The van der Waals surface area contributed by atoms with Gasteiger partial charge in [-0.3, -0.25) is 0 Å². The molecule has 2 N–H and O–H groups in total. The lowest BCUT2D eigenvalue weighted by Gasteiger charge is -2.33. The summed E-state index contributed by atoms with van der Waals surface area (Å²) in [6.45, 7) is 1.95. The number of hydrogen-bond donors (Lipinski definition) is 2. The molecule has 0 spiro atoms. The molecule has 2 fully saturated rings. The standard InChI is InChI=1S/C17H25N3O3S/c21-17(18-12-14-4-2-1-3-5-14)20-9-6-15(7-10-20)19-16-8-11-24(22,23)13-16/h1-5,15-16,19H,6-13H2,(H,18,21). The molecule has 0 saturated carbocycles. The summed E-state index contributed by atoms with van der Waals surface area (Å²) < 4.78 is 23.0. The molecule has 132 valence electrons. The smallest absolute Gasteiger partial charge is 0.317 e. The highest BCUT2D eigenvalue weighted by molar-refractivity contribution is 7.91. The molecule has 1 aromatic carbocycles. The van der Waals surface area contributed by atoms with E-state index >= 15 is 0 Å². The maximum atomic E-state index is 12.2. The Kier molecular flexibility index (Phi) is 5.40. The van der Waals surface area contributed by atoms with Crippen LogP contribution in [0.3, 0.4) is 0 Å². The zero-order valence-electron chi connectivity index (χ0n) is 13.8. The quantitative estimate of drug-likeness (QED) is 0.853. The lowest BCUT2D eigenvalue weighted by atomic mass is 10.0. The first-order valence-corrected chi connectivity index (χ1v) is 10.4. The molecule has 1 atom stereocenters. The summed E-state index contributed by atoms with van der Waals surface area (Å²) in [5, 5.41) is 6.41. The number of likely N-dealkylation sites (tertiary alicyclic amines) is 1. The summed E-state index contributed by atoms with van der Waals surface area (Å²) >= 11 is 0. The van der Waals surface area contributed by atoms with Gasteiger partial charge in [0.25, 0.3) is 0 Å². The maximum absolute atomic E-state index is 12.2. The van der Waals surface area contributed by atoms with E-state index in [1.54, 1.807) is 0 Å². The second kappa shape index (κ2) is 7.53. The van der Waals surface area contributed by atoms with E-state index in [0.717, 1.165) is 18.4 Å². The van der Waals surface area contributed by atoms with E-state index in [4.69, 9.17) is 0 Å². The largest absolute Gasteiger partial charge is 0.334 e. The van der Waals surface area contributed by atoms with Crippen molar-refractivity contribution in [3.8, 4) is 0 Å². The van der Waals surface area contributed by atoms with Gasteiger partial charge in [0.2, 0.25) is 0 Å². The Morgan fingerprint density at radius 3 is 2.42 bits per heavy atom. The minimum absolute atomic E-state index is 0.0271. The van der Waals surface area contributed by atoms with Crippen LogP contribution in [-0.4, -0.2) is 56.0 Å². The molecule has 2 aliphatic rings. The van der Waals surface area contributed by atoms with E-state index in [1.807, 2.05) is 35.2 Å². The van der Waals surface area contributed by atoms with Gasteiger partial charge in [0, 0.05) is 31.7 Å². The third kappa shape index (κ3) is 4.70. The van der Waals surface area contributed by atoms with Crippen LogP contribution in [0.15, 0.2) is 30.3 Å². The lowest BCUT2D eigenvalue weighted by molar-refractivity contribution is 0.174. The van der Waals surface area contributed by atoms with Crippen molar-refractivity contribution in [2.75, 3.05) is 24.6 Å². The molecule has 0 radical (unpaired) electrons. The van der Waals surface area contributed by atoms with Gasteiger partial charge in [-0.15, -0.1) is 0 Å². The number of carbonyl (C=O) groups excluding carboxylic acids is 1. The minimum Gasteiger partial charge on any atom is -0.334 e. The van der Waals surface area contributed by atoms with Crippen molar-refractivity contribution in [3.63, 3.8) is 0 Å². The van der Waals surface area contributed by atoms with Crippen LogP contribution in [0.1, 0.15) is 24.8 Å². The lowest BCUT2D eigenvalue weighted by Crippen LogP contribution is -2.50. The van der Waals surface area contributed by atoms with Crippen LogP contribution in [0.2, 0.25) is 0 Å². The molecule has 6 nitrogen and oxygen atoms in total. The molecule has 0 bridgehead atoms. The molecule has 7 heteroatoms. The number of benzene rings is 1. The van der Waals surface area contributed by atoms with Gasteiger partial charge >= 0.3 is 6.03 Å². The number of piperidine rings is 1. The molecule has 0 aromatic heterocycles. The molecule has 24 heavy (non-hydrogen) atoms. The Morgan fingerprint density at radius 1 is 1.08 bits per heavy atom. The van der Waals surface area contributed by atoms with Gasteiger partial charge in [-0.05, 0) is 24.8 Å². The molecule has 0 aliphatic carbocycles. The fraction of sp³-hybridized carbons (Fsp3) is 0.588.